The number of likely N-dealkylation sites (N-methyl/N-ethyl adjacent to an activating group) is 2. The van der Waals surface area contributed by atoms with Crippen molar-refractivity contribution in [3.05, 3.63) is 35.5 Å². The Balaban J connectivity index is 1.36. The molecule has 0 radical (unpaired) electrons. The van der Waals surface area contributed by atoms with Crippen LogP contribution in [0.2, 0.25) is 5.02 Å². The standard InChI is InChI=1S/C21H26ClN5O2/c1-26-12-19(28)20(27(2)21(26)29)25-15-6-4-14(5-7-15)24-17-9-10-23-18-11-13(22)3-8-16(17)18/h3,8-11,14-15,20,25H,4-7,12H2,1-2H3,(H,23,24). The monoisotopic (exact) mass is 415 g/mol. The molecule has 1 aromatic heterocycles. The van der Waals surface area contributed by atoms with Crippen molar-refractivity contribution >= 4 is 40.0 Å². The number of nitrogens with zero attached hydrogens (tertiary/aromatic N) is 3. The van der Waals surface area contributed by atoms with E-state index in [1.807, 2.05) is 24.3 Å². The smallest absolute Gasteiger partial charge is 0.321 e. The molecule has 29 heavy (non-hydrogen) atoms. The second-order valence-corrected chi connectivity index (χ2v) is 8.43. The summed E-state index contributed by atoms with van der Waals surface area (Å²) in [6, 6.07) is 8.22. The Morgan fingerprint density at radius 2 is 1.79 bits per heavy atom. The van der Waals surface area contributed by atoms with Gasteiger partial charge >= 0.3 is 6.03 Å². The molecule has 7 nitrogen and oxygen atoms in total. The first-order valence-electron chi connectivity index (χ1n) is 10.00. The van der Waals surface area contributed by atoms with Crippen LogP contribution in [-0.2, 0) is 4.79 Å². The number of ketones is 1. The third-order valence-corrected chi connectivity index (χ3v) is 6.13. The number of hydrogen-bond acceptors (Lipinski definition) is 5. The molecule has 2 amide bonds. The van der Waals surface area contributed by atoms with Crippen LogP contribution in [0, 0.1) is 0 Å². The molecule has 1 unspecified atom stereocenters. The molecule has 0 spiro atoms. The average Bonchev–Trinajstić information content (AvgIpc) is 2.71. The Morgan fingerprint density at radius 3 is 2.55 bits per heavy atom. The van der Waals surface area contributed by atoms with Crippen molar-refractivity contribution in [2.75, 3.05) is 26.0 Å². The van der Waals surface area contributed by atoms with Crippen molar-refractivity contribution < 1.29 is 9.59 Å². The molecule has 1 atom stereocenters. The van der Waals surface area contributed by atoms with Crippen molar-refractivity contribution in [3.63, 3.8) is 0 Å². The third kappa shape index (κ3) is 4.16. The van der Waals surface area contributed by atoms with Crippen LogP contribution < -0.4 is 10.6 Å². The van der Waals surface area contributed by atoms with Crippen LogP contribution in [0.15, 0.2) is 30.5 Å². The van der Waals surface area contributed by atoms with E-state index in [4.69, 9.17) is 11.6 Å². The fourth-order valence-corrected chi connectivity index (χ4v) is 4.45. The van der Waals surface area contributed by atoms with Crippen LogP contribution in [0.25, 0.3) is 10.9 Å². The summed E-state index contributed by atoms with van der Waals surface area (Å²) < 4.78 is 0. The fourth-order valence-electron chi connectivity index (χ4n) is 4.28. The van der Waals surface area contributed by atoms with E-state index in [0.717, 1.165) is 42.3 Å². The highest BCUT2D eigenvalue weighted by atomic mass is 35.5. The molecule has 2 heterocycles. The van der Waals surface area contributed by atoms with E-state index >= 15 is 0 Å². The van der Waals surface area contributed by atoms with Gasteiger partial charge < -0.3 is 15.1 Å². The van der Waals surface area contributed by atoms with Crippen LogP contribution in [-0.4, -0.2) is 65.5 Å². The number of fused-ring (bicyclic) bond motifs is 1. The highest BCUT2D eigenvalue weighted by Crippen LogP contribution is 2.28. The number of carbonyl (C=O) groups is 2. The first-order valence-corrected chi connectivity index (χ1v) is 10.4. The van der Waals surface area contributed by atoms with Gasteiger partial charge in [0.1, 0.15) is 6.17 Å². The average molecular weight is 416 g/mol. The summed E-state index contributed by atoms with van der Waals surface area (Å²) in [5.41, 5.74) is 1.95. The summed E-state index contributed by atoms with van der Waals surface area (Å²) in [6.07, 6.45) is 5.16. The second-order valence-electron chi connectivity index (χ2n) is 8.00. The topological polar surface area (TPSA) is 77.6 Å². The summed E-state index contributed by atoms with van der Waals surface area (Å²) in [6.45, 7) is 0.164. The van der Waals surface area contributed by atoms with Gasteiger partial charge in [-0.05, 0) is 49.9 Å². The molecule has 2 aliphatic rings. The van der Waals surface area contributed by atoms with Crippen LogP contribution in [0.3, 0.4) is 0 Å². The van der Waals surface area contributed by atoms with Gasteiger partial charge in [0.05, 0.1) is 12.1 Å². The van der Waals surface area contributed by atoms with E-state index < -0.39 is 6.17 Å². The Labute approximate surface area is 175 Å². The van der Waals surface area contributed by atoms with E-state index in [0.29, 0.717) is 11.1 Å². The number of carbonyl (C=O) groups excluding carboxylic acids is 2. The molecular formula is C21H26ClN5O2. The van der Waals surface area contributed by atoms with Gasteiger partial charge in [0.2, 0.25) is 0 Å². The highest BCUT2D eigenvalue weighted by Gasteiger charge is 2.36. The zero-order valence-corrected chi connectivity index (χ0v) is 17.4. The lowest BCUT2D eigenvalue weighted by molar-refractivity contribution is -0.127. The Kier molecular flexibility index (Phi) is 5.61. The molecule has 1 saturated heterocycles. The number of amides is 2. The molecule has 2 N–H and O–H groups in total. The quantitative estimate of drug-likeness (QED) is 0.802. The molecule has 1 aliphatic heterocycles. The first kappa shape index (κ1) is 19.9. The van der Waals surface area contributed by atoms with Crippen molar-refractivity contribution in [2.45, 2.75) is 43.9 Å². The van der Waals surface area contributed by atoms with Crippen LogP contribution in [0.5, 0.6) is 0 Å². The molecule has 154 valence electrons. The maximum absolute atomic E-state index is 12.4. The van der Waals surface area contributed by atoms with Gasteiger partial charge in [0.25, 0.3) is 0 Å². The Morgan fingerprint density at radius 1 is 1.07 bits per heavy atom. The summed E-state index contributed by atoms with van der Waals surface area (Å²) in [4.78, 5) is 31.9. The van der Waals surface area contributed by atoms with E-state index in [1.54, 1.807) is 20.3 Å². The number of anilines is 1. The molecule has 1 aliphatic carbocycles. The molecule has 1 saturated carbocycles. The maximum Gasteiger partial charge on any atom is 0.321 e. The zero-order chi connectivity index (χ0) is 20.5. The van der Waals surface area contributed by atoms with Gasteiger partial charge in [-0.25, -0.2) is 4.79 Å². The molecule has 2 aromatic rings. The number of hydrogen-bond donors (Lipinski definition) is 2. The molecule has 8 heteroatoms. The molecule has 0 bridgehead atoms. The number of pyridine rings is 1. The van der Waals surface area contributed by atoms with Gasteiger partial charge in [-0.1, -0.05) is 11.6 Å². The normalized spacial score (nSPS) is 25.6. The number of Topliss-reactive ketones (excluding diaryl/α,β-unsaturated/α-hetero) is 1. The number of rotatable bonds is 4. The van der Waals surface area contributed by atoms with E-state index in [2.05, 4.69) is 15.6 Å². The zero-order valence-electron chi connectivity index (χ0n) is 16.7. The van der Waals surface area contributed by atoms with Crippen molar-refractivity contribution in [2.24, 2.45) is 0 Å². The lowest BCUT2D eigenvalue weighted by Gasteiger charge is -2.40. The van der Waals surface area contributed by atoms with Gasteiger partial charge in [-0.15, -0.1) is 0 Å². The van der Waals surface area contributed by atoms with Gasteiger partial charge in [-0.3, -0.25) is 15.1 Å². The number of nitrogens with one attached hydrogen (secondary N) is 2. The third-order valence-electron chi connectivity index (χ3n) is 5.90. The summed E-state index contributed by atoms with van der Waals surface area (Å²) in [7, 11) is 3.34. The molecule has 1 aromatic carbocycles. The summed E-state index contributed by atoms with van der Waals surface area (Å²) in [5, 5.41) is 8.80. The van der Waals surface area contributed by atoms with Gasteiger partial charge in [0, 0.05) is 48.5 Å². The van der Waals surface area contributed by atoms with Crippen molar-refractivity contribution in [3.8, 4) is 0 Å². The van der Waals surface area contributed by atoms with E-state index in [-0.39, 0.29) is 24.4 Å². The maximum atomic E-state index is 12.4. The largest absolute Gasteiger partial charge is 0.382 e. The Bertz CT molecular complexity index is 928. The van der Waals surface area contributed by atoms with Crippen LogP contribution in [0.1, 0.15) is 25.7 Å². The van der Waals surface area contributed by atoms with Gasteiger partial charge in [-0.2, -0.15) is 0 Å². The minimum atomic E-state index is -0.526. The number of benzene rings is 1. The number of urea groups is 1. The summed E-state index contributed by atoms with van der Waals surface area (Å²) >= 11 is 6.08. The van der Waals surface area contributed by atoms with Crippen LogP contribution >= 0.6 is 11.6 Å². The lowest BCUT2D eigenvalue weighted by Crippen LogP contribution is -2.63. The summed E-state index contributed by atoms with van der Waals surface area (Å²) in [5.74, 6) is 0.0387. The van der Waals surface area contributed by atoms with E-state index in [1.165, 1.54) is 9.80 Å². The van der Waals surface area contributed by atoms with Crippen molar-refractivity contribution in [1.29, 1.82) is 0 Å². The highest BCUT2D eigenvalue weighted by molar-refractivity contribution is 6.31. The Hall–Kier alpha value is -2.38. The number of aromatic nitrogens is 1. The molecule has 2 fully saturated rings. The van der Waals surface area contributed by atoms with Crippen LogP contribution in [0.4, 0.5) is 10.5 Å². The minimum absolute atomic E-state index is 0.0387. The lowest BCUT2D eigenvalue weighted by atomic mass is 9.90. The second kappa shape index (κ2) is 8.16. The molecule has 4 rings (SSSR count). The predicted molar refractivity (Wildman–Crippen MR) is 114 cm³/mol. The minimum Gasteiger partial charge on any atom is -0.382 e. The first-order chi connectivity index (χ1) is 13.9. The number of halogens is 1. The molecular weight excluding hydrogens is 390 g/mol. The fraction of sp³-hybridized carbons (Fsp3) is 0.476. The SMILES string of the molecule is CN1CC(=O)C(NC2CCC(Nc3ccnc4cc(Cl)ccc34)CC2)N(C)C1=O. The van der Waals surface area contributed by atoms with Crippen molar-refractivity contribution in [1.82, 2.24) is 20.1 Å². The van der Waals surface area contributed by atoms with E-state index in [9.17, 15) is 9.59 Å². The predicted octanol–water partition coefficient (Wildman–Crippen LogP) is 3.09. The van der Waals surface area contributed by atoms with Gasteiger partial charge in [0.15, 0.2) is 5.78 Å².